The summed E-state index contributed by atoms with van der Waals surface area (Å²) in [6, 6.07) is 2.04. The molecule has 0 saturated heterocycles. The van der Waals surface area contributed by atoms with Crippen molar-refractivity contribution in [2.45, 2.75) is 13.3 Å². The van der Waals surface area contributed by atoms with Crippen molar-refractivity contribution in [3.63, 3.8) is 0 Å². The predicted molar refractivity (Wildman–Crippen MR) is 76.8 cm³/mol. The van der Waals surface area contributed by atoms with Crippen molar-refractivity contribution in [2.75, 3.05) is 27.2 Å². The Bertz CT molecular complexity index is 498. The van der Waals surface area contributed by atoms with E-state index in [-0.39, 0.29) is 12.4 Å². The molecule has 100 valence electrons. The zero-order chi connectivity index (χ0) is 12.3. The summed E-state index contributed by atoms with van der Waals surface area (Å²) in [5, 5.41) is 1.16. The molecule has 2 rings (SSSR count). The normalized spacial score (nSPS) is 10.7. The lowest BCUT2D eigenvalue weighted by molar-refractivity contribution is 0.358. The molecule has 0 bridgehead atoms. The summed E-state index contributed by atoms with van der Waals surface area (Å²) in [5.41, 5.74) is 2.23. The Balaban J connectivity index is 0.00000162. The number of hydrogen-bond acceptors (Lipinski definition) is 3. The van der Waals surface area contributed by atoms with E-state index >= 15 is 0 Å². The van der Waals surface area contributed by atoms with E-state index in [4.69, 9.17) is 4.74 Å². The Morgan fingerprint density at radius 2 is 2.22 bits per heavy atom. The Morgan fingerprint density at radius 3 is 2.89 bits per heavy atom. The van der Waals surface area contributed by atoms with Crippen LogP contribution in [-0.2, 0) is 6.42 Å². The number of hydrogen-bond donors (Lipinski definition) is 1. The van der Waals surface area contributed by atoms with Crippen LogP contribution in [0.3, 0.4) is 0 Å². The highest BCUT2D eigenvalue weighted by Gasteiger charge is 2.06. The molecule has 18 heavy (non-hydrogen) atoms. The minimum atomic E-state index is 0. The molecule has 0 aliphatic rings. The molecule has 0 aliphatic carbocycles. The van der Waals surface area contributed by atoms with E-state index in [0.29, 0.717) is 0 Å². The van der Waals surface area contributed by atoms with Crippen molar-refractivity contribution in [1.29, 1.82) is 0 Å². The van der Waals surface area contributed by atoms with Gasteiger partial charge in [-0.3, -0.25) is 0 Å². The SMILES string of the molecule is CCN(C)CCc1c[nH]c2ncc(OC)cc12.Cl. The highest BCUT2D eigenvalue weighted by Crippen LogP contribution is 2.21. The minimum Gasteiger partial charge on any atom is -0.495 e. The summed E-state index contributed by atoms with van der Waals surface area (Å²) in [6.07, 6.45) is 4.81. The number of rotatable bonds is 5. The van der Waals surface area contributed by atoms with Crippen LogP contribution in [0.15, 0.2) is 18.5 Å². The van der Waals surface area contributed by atoms with E-state index in [9.17, 15) is 0 Å². The number of aromatic amines is 1. The first kappa shape index (κ1) is 14.8. The molecule has 4 nitrogen and oxygen atoms in total. The van der Waals surface area contributed by atoms with Crippen molar-refractivity contribution in [3.05, 3.63) is 24.0 Å². The minimum absolute atomic E-state index is 0. The molecule has 2 heterocycles. The van der Waals surface area contributed by atoms with Gasteiger partial charge in [0.15, 0.2) is 0 Å². The monoisotopic (exact) mass is 269 g/mol. The molecule has 2 aromatic rings. The van der Waals surface area contributed by atoms with Gasteiger partial charge in [0.05, 0.1) is 13.3 Å². The number of ether oxygens (including phenoxy) is 1. The van der Waals surface area contributed by atoms with Gasteiger partial charge in [0.2, 0.25) is 0 Å². The van der Waals surface area contributed by atoms with Crippen molar-refractivity contribution >= 4 is 23.4 Å². The number of methoxy groups -OCH3 is 1. The molecule has 0 saturated carbocycles. The van der Waals surface area contributed by atoms with Gasteiger partial charge in [-0.25, -0.2) is 4.98 Å². The van der Waals surface area contributed by atoms with Crippen molar-refractivity contribution in [1.82, 2.24) is 14.9 Å². The molecule has 0 aliphatic heterocycles. The summed E-state index contributed by atoms with van der Waals surface area (Å²) in [7, 11) is 3.80. The van der Waals surface area contributed by atoms with Gasteiger partial charge >= 0.3 is 0 Å². The fourth-order valence-electron chi connectivity index (χ4n) is 1.83. The van der Waals surface area contributed by atoms with Gasteiger partial charge in [0.1, 0.15) is 11.4 Å². The van der Waals surface area contributed by atoms with E-state index in [1.807, 2.05) is 12.3 Å². The average molecular weight is 270 g/mol. The highest BCUT2D eigenvalue weighted by atomic mass is 35.5. The molecule has 5 heteroatoms. The maximum atomic E-state index is 5.21. The maximum Gasteiger partial charge on any atom is 0.137 e. The molecular weight excluding hydrogens is 250 g/mol. The third kappa shape index (κ3) is 3.15. The first-order valence-electron chi connectivity index (χ1n) is 5.93. The van der Waals surface area contributed by atoms with Crippen LogP contribution in [0.25, 0.3) is 11.0 Å². The Hall–Kier alpha value is -1.26. The number of aromatic nitrogens is 2. The standard InChI is InChI=1S/C13H19N3O.ClH/c1-4-16(2)6-5-10-8-14-13-12(10)7-11(17-3)9-15-13;/h7-9H,4-6H2,1-3H3,(H,14,15);1H. The number of H-pyrrole nitrogens is 1. The summed E-state index contributed by atoms with van der Waals surface area (Å²) >= 11 is 0. The molecule has 0 fully saturated rings. The Kier molecular flexibility index (Phi) is 5.44. The lowest BCUT2D eigenvalue weighted by Gasteiger charge is -2.12. The molecule has 0 radical (unpaired) electrons. The van der Waals surface area contributed by atoms with Crippen molar-refractivity contribution < 1.29 is 4.74 Å². The van der Waals surface area contributed by atoms with E-state index in [1.165, 1.54) is 5.56 Å². The van der Waals surface area contributed by atoms with Crippen molar-refractivity contribution in [2.24, 2.45) is 0 Å². The predicted octanol–water partition coefficient (Wildman–Crippen LogP) is 2.49. The Morgan fingerprint density at radius 1 is 1.44 bits per heavy atom. The smallest absolute Gasteiger partial charge is 0.137 e. The van der Waals surface area contributed by atoms with Crippen LogP contribution in [0.1, 0.15) is 12.5 Å². The molecular formula is C13H20ClN3O. The van der Waals surface area contributed by atoms with Crippen LogP contribution in [-0.4, -0.2) is 42.1 Å². The van der Waals surface area contributed by atoms with E-state index in [2.05, 4.69) is 28.8 Å². The molecule has 1 N–H and O–H groups in total. The topological polar surface area (TPSA) is 41.2 Å². The van der Waals surface area contributed by atoms with Crippen LogP contribution >= 0.6 is 12.4 Å². The summed E-state index contributed by atoms with van der Waals surface area (Å²) in [4.78, 5) is 9.82. The number of likely N-dealkylation sites (N-methyl/N-ethyl adjacent to an activating group) is 1. The zero-order valence-corrected chi connectivity index (χ0v) is 11.9. The van der Waals surface area contributed by atoms with Crippen LogP contribution in [0.2, 0.25) is 0 Å². The summed E-state index contributed by atoms with van der Waals surface area (Å²) in [6.45, 7) is 4.30. The molecule has 0 unspecified atom stereocenters. The first-order chi connectivity index (χ1) is 8.24. The molecule has 0 amide bonds. The van der Waals surface area contributed by atoms with Gasteiger partial charge in [-0.1, -0.05) is 6.92 Å². The van der Waals surface area contributed by atoms with Gasteiger partial charge in [0, 0.05) is 18.1 Å². The first-order valence-corrected chi connectivity index (χ1v) is 5.93. The average Bonchev–Trinajstić information content (AvgIpc) is 2.78. The number of nitrogens with one attached hydrogen (secondary N) is 1. The molecule has 0 aromatic carbocycles. The van der Waals surface area contributed by atoms with E-state index < -0.39 is 0 Å². The fraction of sp³-hybridized carbons (Fsp3) is 0.462. The molecule has 0 spiro atoms. The zero-order valence-electron chi connectivity index (χ0n) is 11.1. The second kappa shape index (κ2) is 6.61. The molecule has 2 aromatic heterocycles. The van der Waals surface area contributed by atoms with Crippen molar-refractivity contribution in [3.8, 4) is 5.75 Å². The number of fused-ring (bicyclic) bond motifs is 1. The Labute approximate surface area is 114 Å². The van der Waals surface area contributed by atoms with Gasteiger partial charge in [-0.2, -0.15) is 0 Å². The van der Waals surface area contributed by atoms with Crippen LogP contribution < -0.4 is 4.74 Å². The maximum absolute atomic E-state index is 5.21. The van der Waals surface area contributed by atoms with Crippen LogP contribution in [0.5, 0.6) is 5.75 Å². The van der Waals surface area contributed by atoms with Gasteiger partial charge in [-0.05, 0) is 31.6 Å². The van der Waals surface area contributed by atoms with Gasteiger partial charge in [-0.15, -0.1) is 12.4 Å². The summed E-state index contributed by atoms with van der Waals surface area (Å²) < 4.78 is 5.21. The van der Waals surface area contributed by atoms with E-state index in [1.54, 1.807) is 13.3 Å². The molecule has 0 atom stereocenters. The third-order valence-electron chi connectivity index (χ3n) is 3.13. The van der Waals surface area contributed by atoms with Gasteiger partial charge in [0.25, 0.3) is 0 Å². The third-order valence-corrected chi connectivity index (χ3v) is 3.13. The second-order valence-corrected chi connectivity index (χ2v) is 4.23. The lowest BCUT2D eigenvalue weighted by atomic mass is 10.1. The second-order valence-electron chi connectivity index (χ2n) is 4.23. The lowest BCUT2D eigenvalue weighted by Crippen LogP contribution is -2.20. The number of halogens is 1. The number of nitrogens with zero attached hydrogens (tertiary/aromatic N) is 2. The van der Waals surface area contributed by atoms with E-state index in [0.717, 1.165) is 36.3 Å². The summed E-state index contributed by atoms with van der Waals surface area (Å²) in [5.74, 6) is 0.808. The highest BCUT2D eigenvalue weighted by molar-refractivity contribution is 5.85. The quantitative estimate of drug-likeness (QED) is 0.907. The van der Waals surface area contributed by atoms with Gasteiger partial charge < -0.3 is 14.6 Å². The largest absolute Gasteiger partial charge is 0.495 e. The fourth-order valence-corrected chi connectivity index (χ4v) is 1.83. The van der Waals surface area contributed by atoms with Crippen LogP contribution in [0, 0.1) is 0 Å². The number of pyridine rings is 1. The van der Waals surface area contributed by atoms with Crippen LogP contribution in [0.4, 0.5) is 0 Å².